The standard InChI is InChI=1S/C20H30N4O2/c21-5-1-13-9-17(10-14(2-6-22)19(13)25)18-11-15(3-7-23)20(26)16(12-18)4-8-24/h9-12,25-26H,1-8,21-24H2. The summed E-state index contributed by atoms with van der Waals surface area (Å²) in [6.07, 6.45) is 2.34. The van der Waals surface area contributed by atoms with Gasteiger partial charge in [0.1, 0.15) is 11.5 Å². The van der Waals surface area contributed by atoms with Crippen molar-refractivity contribution in [2.75, 3.05) is 26.2 Å². The van der Waals surface area contributed by atoms with E-state index >= 15 is 0 Å². The van der Waals surface area contributed by atoms with Crippen LogP contribution in [0.5, 0.6) is 11.5 Å². The Morgan fingerprint density at radius 2 is 0.731 bits per heavy atom. The molecule has 0 aliphatic rings. The quantitative estimate of drug-likeness (QED) is 0.390. The van der Waals surface area contributed by atoms with E-state index in [0.717, 1.165) is 33.4 Å². The molecule has 2 aromatic rings. The Morgan fingerprint density at radius 3 is 0.923 bits per heavy atom. The summed E-state index contributed by atoms with van der Waals surface area (Å²) < 4.78 is 0. The molecule has 0 saturated carbocycles. The van der Waals surface area contributed by atoms with E-state index in [4.69, 9.17) is 22.9 Å². The van der Waals surface area contributed by atoms with Crippen LogP contribution in [-0.4, -0.2) is 36.4 Å². The van der Waals surface area contributed by atoms with Gasteiger partial charge in [0, 0.05) is 0 Å². The first-order valence-electron chi connectivity index (χ1n) is 9.05. The molecule has 0 saturated heterocycles. The van der Waals surface area contributed by atoms with E-state index in [1.54, 1.807) is 0 Å². The fourth-order valence-corrected chi connectivity index (χ4v) is 3.24. The van der Waals surface area contributed by atoms with Crippen LogP contribution in [0.15, 0.2) is 24.3 Å². The first-order valence-corrected chi connectivity index (χ1v) is 9.05. The van der Waals surface area contributed by atoms with Crippen molar-refractivity contribution in [3.05, 3.63) is 46.5 Å². The van der Waals surface area contributed by atoms with E-state index in [0.29, 0.717) is 51.9 Å². The zero-order valence-electron chi connectivity index (χ0n) is 15.2. The van der Waals surface area contributed by atoms with Gasteiger partial charge in [0.15, 0.2) is 0 Å². The molecule has 0 atom stereocenters. The minimum Gasteiger partial charge on any atom is -0.507 e. The van der Waals surface area contributed by atoms with Crippen molar-refractivity contribution in [2.45, 2.75) is 25.7 Å². The zero-order valence-corrected chi connectivity index (χ0v) is 15.2. The molecule has 26 heavy (non-hydrogen) atoms. The lowest BCUT2D eigenvalue weighted by Crippen LogP contribution is -2.08. The Hall–Kier alpha value is -2.12. The van der Waals surface area contributed by atoms with Gasteiger partial charge in [-0.15, -0.1) is 0 Å². The second-order valence-electron chi connectivity index (χ2n) is 6.44. The number of hydrogen-bond acceptors (Lipinski definition) is 6. The Balaban J connectivity index is 2.61. The maximum Gasteiger partial charge on any atom is 0.122 e. The molecule has 0 radical (unpaired) electrons. The second-order valence-corrected chi connectivity index (χ2v) is 6.44. The van der Waals surface area contributed by atoms with Gasteiger partial charge < -0.3 is 33.1 Å². The van der Waals surface area contributed by atoms with Crippen molar-refractivity contribution in [3.8, 4) is 22.6 Å². The van der Waals surface area contributed by atoms with Gasteiger partial charge in [-0.1, -0.05) is 0 Å². The number of aromatic hydroxyl groups is 2. The number of nitrogens with two attached hydrogens (primary N) is 4. The number of hydrogen-bond donors (Lipinski definition) is 6. The largest absolute Gasteiger partial charge is 0.507 e. The molecule has 10 N–H and O–H groups in total. The van der Waals surface area contributed by atoms with Gasteiger partial charge in [0.05, 0.1) is 0 Å². The summed E-state index contributed by atoms with van der Waals surface area (Å²) in [7, 11) is 0. The van der Waals surface area contributed by atoms with Crippen LogP contribution in [-0.2, 0) is 25.7 Å². The normalized spacial score (nSPS) is 11.1. The predicted octanol–water partition coefficient (Wildman–Crippen LogP) is 0.770. The third kappa shape index (κ3) is 4.53. The van der Waals surface area contributed by atoms with E-state index in [-0.39, 0.29) is 11.5 Å². The zero-order chi connectivity index (χ0) is 19.1. The summed E-state index contributed by atoms with van der Waals surface area (Å²) in [5.74, 6) is 0.542. The van der Waals surface area contributed by atoms with Crippen LogP contribution in [0.4, 0.5) is 0 Å². The van der Waals surface area contributed by atoms with Gasteiger partial charge in [-0.3, -0.25) is 0 Å². The Kier molecular flexibility index (Phi) is 7.41. The monoisotopic (exact) mass is 358 g/mol. The molecule has 0 unspecified atom stereocenters. The van der Waals surface area contributed by atoms with Crippen molar-refractivity contribution in [3.63, 3.8) is 0 Å². The van der Waals surface area contributed by atoms with Gasteiger partial charge in [0.2, 0.25) is 0 Å². The van der Waals surface area contributed by atoms with Crippen molar-refractivity contribution >= 4 is 0 Å². The SMILES string of the molecule is NCCc1cc(-c2cc(CCN)c(O)c(CCN)c2)cc(CCN)c1O. The first kappa shape index (κ1) is 20.2. The molecule has 0 aromatic heterocycles. The molecule has 0 heterocycles. The Bertz CT molecular complexity index is 629. The van der Waals surface area contributed by atoms with E-state index < -0.39 is 0 Å². The number of phenolic OH excluding ortho intramolecular Hbond substituents is 2. The first-order chi connectivity index (χ1) is 12.5. The van der Waals surface area contributed by atoms with Crippen molar-refractivity contribution in [1.29, 1.82) is 0 Å². The average Bonchev–Trinajstić information content (AvgIpc) is 2.62. The summed E-state index contributed by atoms with van der Waals surface area (Å²) in [6.45, 7) is 1.80. The Labute approximate surface area is 154 Å². The maximum absolute atomic E-state index is 10.5. The predicted molar refractivity (Wildman–Crippen MR) is 106 cm³/mol. The van der Waals surface area contributed by atoms with E-state index in [1.807, 2.05) is 24.3 Å². The van der Waals surface area contributed by atoms with Gasteiger partial charge in [0.25, 0.3) is 0 Å². The third-order valence-electron chi connectivity index (χ3n) is 4.52. The highest BCUT2D eigenvalue weighted by Gasteiger charge is 2.14. The summed E-state index contributed by atoms with van der Waals surface area (Å²) in [5.41, 5.74) is 27.9. The highest BCUT2D eigenvalue weighted by atomic mass is 16.3. The fraction of sp³-hybridized carbons (Fsp3) is 0.400. The number of benzene rings is 2. The van der Waals surface area contributed by atoms with Crippen LogP contribution in [0.2, 0.25) is 0 Å². The van der Waals surface area contributed by atoms with Crippen molar-refractivity contribution in [2.24, 2.45) is 22.9 Å². The maximum atomic E-state index is 10.5. The van der Waals surface area contributed by atoms with Crippen LogP contribution >= 0.6 is 0 Å². The fourth-order valence-electron chi connectivity index (χ4n) is 3.24. The van der Waals surface area contributed by atoms with Crippen LogP contribution < -0.4 is 22.9 Å². The highest BCUT2D eigenvalue weighted by molar-refractivity contribution is 5.70. The minimum absolute atomic E-state index is 0.271. The summed E-state index contributed by atoms with van der Waals surface area (Å²) in [4.78, 5) is 0. The smallest absolute Gasteiger partial charge is 0.122 e. The molecule has 142 valence electrons. The molecule has 2 rings (SSSR count). The lowest BCUT2D eigenvalue weighted by Gasteiger charge is -2.16. The molecule has 6 nitrogen and oxygen atoms in total. The molecule has 0 amide bonds. The average molecular weight is 358 g/mol. The van der Waals surface area contributed by atoms with Crippen LogP contribution in [0.1, 0.15) is 22.3 Å². The molecular weight excluding hydrogens is 328 g/mol. The summed E-state index contributed by atoms with van der Waals surface area (Å²) >= 11 is 0. The molecule has 6 heteroatoms. The third-order valence-corrected chi connectivity index (χ3v) is 4.52. The van der Waals surface area contributed by atoms with Crippen molar-refractivity contribution < 1.29 is 10.2 Å². The molecule has 0 bridgehead atoms. The van der Waals surface area contributed by atoms with E-state index in [9.17, 15) is 10.2 Å². The van der Waals surface area contributed by atoms with Crippen LogP contribution in [0.3, 0.4) is 0 Å². The summed E-state index contributed by atoms with van der Waals surface area (Å²) in [6, 6.07) is 7.81. The van der Waals surface area contributed by atoms with E-state index in [1.165, 1.54) is 0 Å². The lowest BCUT2D eigenvalue weighted by molar-refractivity contribution is 0.460. The lowest BCUT2D eigenvalue weighted by atomic mass is 9.92. The topological polar surface area (TPSA) is 145 Å². The van der Waals surface area contributed by atoms with Crippen LogP contribution in [0, 0.1) is 0 Å². The molecule has 2 aromatic carbocycles. The van der Waals surface area contributed by atoms with Gasteiger partial charge in [-0.2, -0.15) is 0 Å². The molecule has 0 aliphatic carbocycles. The molecule has 0 aliphatic heterocycles. The van der Waals surface area contributed by atoms with Gasteiger partial charge in [-0.05, 0) is 110 Å². The molecule has 0 spiro atoms. The van der Waals surface area contributed by atoms with Gasteiger partial charge >= 0.3 is 0 Å². The number of phenols is 2. The highest BCUT2D eigenvalue weighted by Crippen LogP contribution is 2.35. The van der Waals surface area contributed by atoms with Gasteiger partial charge in [-0.25, -0.2) is 0 Å². The molecular formula is C20H30N4O2. The van der Waals surface area contributed by atoms with Crippen molar-refractivity contribution in [1.82, 2.24) is 0 Å². The van der Waals surface area contributed by atoms with Crippen LogP contribution in [0.25, 0.3) is 11.1 Å². The summed E-state index contributed by atoms with van der Waals surface area (Å²) in [5, 5.41) is 20.9. The minimum atomic E-state index is 0.271. The second kappa shape index (κ2) is 9.54. The Morgan fingerprint density at radius 1 is 0.500 bits per heavy atom. The molecule has 0 fully saturated rings. The van der Waals surface area contributed by atoms with E-state index in [2.05, 4.69) is 0 Å². The number of rotatable bonds is 9.